The Balaban J connectivity index is 2.30. The van der Waals surface area contributed by atoms with Crippen LogP contribution in [-0.2, 0) is 10.0 Å². The second kappa shape index (κ2) is 6.75. The molecule has 1 aromatic heterocycles. The van der Waals surface area contributed by atoms with Crippen molar-refractivity contribution in [3.8, 4) is 0 Å². The Labute approximate surface area is 127 Å². The van der Waals surface area contributed by atoms with Crippen molar-refractivity contribution in [2.45, 2.75) is 63.4 Å². The van der Waals surface area contributed by atoms with E-state index in [0.717, 1.165) is 32.2 Å². The van der Waals surface area contributed by atoms with Gasteiger partial charge in [0, 0.05) is 30.9 Å². The molecule has 0 amide bonds. The molecule has 6 heteroatoms. The van der Waals surface area contributed by atoms with Crippen molar-refractivity contribution >= 4 is 15.8 Å². The molecule has 2 rings (SSSR count). The number of sulfonamides is 1. The monoisotopic (exact) mass is 311 g/mol. The zero-order valence-corrected chi connectivity index (χ0v) is 13.9. The SMILES string of the molecule is CCCNc1cc(S(=O)(=O)N2[C@H](C)CCC[C@@H]2C)ccn1. The molecule has 2 heterocycles. The van der Waals surface area contributed by atoms with E-state index in [4.69, 9.17) is 0 Å². The maximum absolute atomic E-state index is 12.9. The zero-order chi connectivity index (χ0) is 15.5. The highest BCUT2D eigenvalue weighted by molar-refractivity contribution is 7.89. The van der Waals surface area contributed by atoms with Crippen molar-refractivity contribution in [2.24, 2.45) is 0 Å². The molecule has 1 aliphatic heterocycles. The normalized spacial score (nSPS) is 24.0. The number of rotatable bonds is 5. The van der Waals surface area contributed by atoms with E-state index in [9.17, 15) is 8.42 Å². The number of aromatic nitrogens is 1. The Morgan fingerprint density at radius 3 is 2.62 bits per heavy atom. The fourth-order valence-corrected chi connectivity index (χ4v) is 4.81. The van der Waals surface area contributed by atoms with E-state index < -0.39 is 10.0 Å². The van der Waals surface area contributed by atoms with E-state index in [1.54, 1.807) is 22.6 Å². The van der Waals surface area contributed by atoms with Crippen molar-refractivity contribution in [1.82, 2.24) is 9.29 Å². The van der Waals surface area contributed by atoms with Gasteiger partial charge < -0.3 is 5.32 Å². The first-order chi connectivity index (χ1) is 9.96. The van der Waals surface area contributed by atoms with Gasteiger partial charge in [-0.25, -0.2) is 13.4 Å². The maximum atomic E-state index is 12.9. The van der Waals surface area contributed by atoms with E-state index in [0.29, 0.717) is 10.7 Å². The van der Waals surface area contributed by atoms with Gasteiger partial charge in [-0.15, -0.1) is 0 Å². The van der Waals surface area contributed by atoms with E-state index in [1.807, 2.05) is 13.8 Å². The van der Waals surface area contributed by atoms with Gasteiger partial charge in [-0.1, -0.05) is 13.3 Å². The van der Waals surface area contributed by atoms with Crippen LogP contribution in [0.4, 0.5) is 5.82 Å². The number of hydrogen-bond donors (Lipinski definition) is 1. The third kappa shape index (κ3) is 3.55. The van der Waals surface area contributed by atoms with Crippen LogP contribution in [0, 0.1) is 0 Å². The fourth-order valence-electron chi connectivity index (χ4n) is 2.91. The van der Waals surface area contributed by atoms with Crippen LogP contribution in [0.3, 0.4) is 0 Å². The standard InChI is InChI=1S/C15H25N3O2S/c1-4-9-16-15-11-14(8-10-17-15)21(19,20)18-12(2)6-5-7-13(18)3/h8,10-13H,4-7,9H2,1-3H3,(H,16,17)/t12-,13+. The summed E-state index contributed by atoms with van der Waals surface area (Å²) in [5, 5.41) is 3.14. The number of piperidine rings is 1. The fraction of sp³-hybridized carbons (Fsp3) is 0.667. The van der Waals surface area contributed by atoms with Gasteiger partial charge >= 0.3 is 0 Å². The largest absolute Gasteiger partial charge is 0.370 e. The quantitative estimate of drug-likeness (QED) is 0.908. The van der Waals surface area contributed by atoms with Crippen molar-refractivity contribution in [1.29, 1.82) is 0 Å². The second-order valence-electron chi connectivity index (χ2n) is 5.77. The van der Waals surface area contributed by atoms with E-state index >= 15 is 0 Å². The highest BCUT2D eigenvalue weighted by Gasteiger charge is 2.35. The predicted molar refractivity (Wildman–Crippen MR) is 84.8 cm³/mol. The molecule has 0 aromatic carbocycles. The first kappa shape index (κ1) is 16.2. The highest BCUT2D eigenvalue weighted by Crippen LogP contribution is 2.29. The summed E-state index contributed by atoms with van der Waals surface area (Å²) in [7, 11) is -3.45. The van der Waals surface area contributed by atoms with Crippen LogP contribution in [0.5, 0.6) is 0 Å². The molecule has 0 spiro atoms. The Bertz CT molecular complexity index is 564. The molecule has 1 fully saturated rings. The van der Waals surface area contributed by atoms with Gasteiger partial charge in [0.15, 0.2) is 0 Å². The number of hydrogen-bond acceptors (Lipinski definition) is 4. The number of anilines is 1. The Hall–Kier alpha value is -1.14. The lowest BCUT2D eigenvalue weighted by Crippen LogP contribution is -2.47. The smallest absolute Gasteiger partial charge is 0.243 e. The van der Waals surface area contributed by atoms with Crippen LogP contribution >= 0.6 is 0 Å². The molecule has 21 heavy (non-hydrogen) atoms. The Morgan fingerprint density at radius 2 is 2.00 bits per heavy atom. The average molecular weight is 311 g/mol. The molecule has 0 radical (unpaired) electrons. The molecule has 1 N–H and O–H groups in total. The number of pyridine rings is 1. The Morgan fingerprint density at radius 1 is 1.33 bits per heavy atom. The molecule has 0 unspecified atom stereocenters. The molecule has 1 aromatic rings. The third-order valence-electron chi connectivity index (χ3n) is 3.98. The summed E-state index contributed by atoms with van der Waals surface area (Å²) in [5.74, 6) is 0.621. The molecule has 5 nitrogen and oxygen atoms in total. The van der Waals surface area contributed by atoms with Gasteiger partial charge in [-0.2, -0.15) is 4.31 Å². The van der Waals surface area contributed by atoms with Crippen LogP contribution in [0.15, 0.2) is 23.2 Å². The molecular formula is C15H25N3O2S. The summed E-state index contributed by atoms with van der Waals surface area (Å²) in [5.41, 5.74) is 0. The topological polar surface area (TPSA) is 62.3 Å². The van der Waals surface area contributed by atoms with Crippen LogP contribution < -0.4 is 5.32 Å². The van der Waals surface area contributed by atoms with E-state index in [1.165, 1.54) is 0 Å². The first-order valence-corrected chi connectivity index (χ1v) is 9.14. The van der Waals surface area contributed by atoms with E-state index in [2.05, 4.69) is 17.2 Å². The highest BCUT2D eigenvalue weighted by atomic mass is 32.2. The lowest BCUT2D eigenvalue weighted by Gasteiger charge is -2.37. The lowest BCUT2D eigenvalue weighted by molar-refractivity contribution is 0.204. The molecule has 2 atom stereocenters. The summed E-state index contributed by atoms with van der Waals surface area (Å²) in [6.07, 6.45) is 5.47. The van der Waals surface area contributed by atoms with Gasteiger partial charge in [0.2, 0.25) is 10.0 Å². The Kier molecular flexibility index (Phi) is 5.22. The minimum absolute atomic E-state index is 0.0546. The molecule has 118 valence electrons. The minimum Gasteiger partial charge on any atom is -0.370 e. The third-order valence-corrected chi connectivity index (χ3v) is 6.10. The van der Waals surface area contributed by atoms with Gasteiger partial charge in [0.1, 0.15) is 5.82 Å². The van der Waals surface area contributed by atoms with Gasteiger partial charge in [-0.3, -0.25) is 0 Å². The summed E-state index contributed by atoms with van der Waals surface area (Å²) in [6.45, 7) is 6.83. The molecular weight excluding hydrogens is 286 g/mol. The van der Waals surface area contributed by atoms with Crippen LogP contribution in [0.2, 0.25) is 0 Å². The second-order valence-corrected chi connectivity index (χ2v) is 7.61. The molecule has 0 bridgehead atoms. The first-order valence-electron chi connectivity index (χ1n) is 7.70. The lowest BCUT2D eigenvalue weighted by atomic mass is 10.0. The summed E-state index contributed by atoms with van der Waals surface area (Å²) < 4.78 is 27.5. The number of nitrogens with one attached hydrogen (secondary N) is 1. The van der Waals surface area contributed by atoms with Crippen molar-refractivity contribution < 1.29 is 8.42 Å². The zero-order valence-electron chi connectivity index (χ0n) is 13.0. The van der Waals surface area contributed by atoms with Crippen LogP contribution in [0.25, 0.3) is 0 Å². The summed E-state index contributed by atoms with van der Waals surface area (Å²) in [6, 6.07) is 3.33. The molecule has 1 saturated heterocycles. The maximum Gasteiger partial charge on any atom is 0.243 e. The molecule has 0 saturated carbocycles. The van der Waals surface area contributed by atoms with Crippen LogP contribution in [0.1, 0.15) is 46.5 Å². The van der Waals surface area contributed by atoms with E-state index in [-0.39, 0.29) is 12.1 Å². The van der Waals surface area contributed by atoms with Crippen molar-refractivity contribution in [3.05, 3.63) is 18.3 Å². The number of nitrogens with zero attached hydrogens (tertiary/aromatic N) is 2. The van der Waals surface area contributed by atoms with Crippen LogP contribution in [-0.4, -0.2) is 36.3 Å². The van der Waals surface area contributed by atoms with Gasteiger partial charge in [0.05, 0.1) is 4.90 Å². The van der Waals surface area contributed by atoms with Crippen molar-refractivity contribution in [3.63, 3.8) is 0 Å². The predicted octanol–water partition coefficient (Wildman–Crippen LogP) is 2.86. The van der Waals surface area contributed by atoms with Crippen molar-refractivity contribution in [2.75, 3.05) is 11.9 Å². The summed E-state index contributed by atoms with van der Waals surface area (Å²) >= 11 is 0. The summed E-state index contributed by atoms with van der Waals surface area (Å²) in [4.78, 5) is 4.51. The average Bonchev–Trinajstić information content (AvgIpc) is 2.45. The molecule has 1 aliphatic rings. The van der Waals surface area contributed by atoms with Gasteiger partial charge in [-0.05, 0) is 39.2 Å². The molecule has 0 aliphatic carbocycles. The minimum atomic E-state index is -3.45. The van der Waals surface area contributed by atoms with Gasteiger partial charge in [0.25, 0.3) is 0 Å².